The molecule has 1 aromatic heterocycles. The molecule has 0 bridgehead atoms. The smallest absolute Gasteiger partial charge is 0.0847 e. The highest BCUT2D eigenvalue weighted by atomic mass is 35.5. The number of hydrogen-bond donors (Lipinski definition) is 2. The van der Waals surface area contributed by atoms with Crippen LogP contribution in [0.25, 0.3) is 20.2 Å². The van der Waals surface area contributed by atoms with E-state index in [9.17, 15) is 5.11 Å². The minimum absolute atomic E-state index is 0.248. The van der Waals surface area contributed by atoms with E-state index in [1.54, 1.807) is 11.3 Å². The molecule has 2 N–H and O–H groups in total. The van der Waals surface area contributed by atoms with Gasteiger partial charge in [0.15, 0.2) is 0 Å². The fraction of sp³-hybridized carbons (Fsp3) is 0.200. The van der Waals surface area contributed by atoms with Crippen molar-refractivity contribution in [2.24, 2.45) is 0 Å². The van der Waals surface area contributed by atoms with Crippen molar-refractivity contribution in [1.82, 2.24) is 0 Å². The van der Waals surface area contributed by atoms with E-state index in [1.165, 1.54) is 20.2 Å². The van der Waals surface area contributed by atoms with Gasteiger partial charge in [-0.25, -0.2) is 0 Å². The quantitative estimate of drug-likeness (QED) is 0.710. The first-order valence-corrected chi connectivity index (χ1v) is 7.52. The van der Waals surface area contributed by atoms with Gasteiger partial charge in [0.2, 0.25) is 0 Å². The molecule has 4 heteroatoms. The number of aliphatic hydroxyl groups is 1. The highest BCUT2D eigenvalue weighted by molar-refractivity contribution is 7.25. The summed E-state index contributed by atoms with van der Waals surface area (Å²) in [6.07, 6.45) is -0.514. The molecule has 3 rings (SSSR count). The first-order chi connectivity index (χ1) is 9.28. The van der Waals surface area contributed by atoms with E-state index in [0.29, 0.717) is 6.54 Å². The summed E-state index contributed by atoms with van der Waals surface area (Å²) in [6.45, 7) is 0.472. The molecule has 3 aromatic rings. The number of rotatable bonds is 4. The van der Waals surface area contributed by atoms with E-state index in [-0.39, 0.29) is 5.88 Å². The molecule has 1 atom stereocenters. The Balaban J connectivity index is 1.95. The molecule has 2 nitrogen and oxygen atoms in total. The molecular weight excluding hydrogens is 278 g/mol. The lowest BCUT2D eigenvalue weighted by molar-refractivity contribution is 0.211. The highest BCUT2D eigenvalue weighted by Crippen LogP contribution is 2.34. The van der Waals surface area contributed by atoms with Crippen LogP contribution in [-0.2, 0) is 0 Å². The molecule has 19 heavy (non-hydrogen) atoms. The lowest BCUT2D eigenvalue weighted by atomic mass is 10.1. The van der Waals surface area contributed by atoms with Gasteiger partial charge in [-0.2, -0.15) is 0 Å². The number of nitrogens with one attached hydrogen (secondary N) is 1. The molecule has 0 fully saturated rings. The van der Waals surface area contributed by atoms with Gasteiger partial charge in [-0.05, 0) is 18.2 Å². The molecule has 0 saturated heterocycles. The Morgan fingerprint density at radius 3 is 2.74 bits per heavy atom. The zero-order chi connectivity index (χ0) is 13.2. The van der Waals surface area contributed by atoms with Crippen LogP contribution >= 0.6 is 22.9 Å². The normalized spacial score (nSPS) is 12.9. The van der Waals surface area contributed by atoms with Gasteiger partial charge < -0.3 is 10.4 Å². The second-order valence-electron chi connectivity index (χ2n) is 4.50. The Morgan fingerprint density at radius 1 is 1.11 bits per heavy atom. The largest absolute Gasteiger partial charge is 0.390 e. The second kappa shape index (κ2) is 5.37. The van der Waals surface area contributed by atoms with Crippen LogP contribution in [0, 0.1) is 0 Å². The summed E-state index contributed by atoms with van der Waals surface area (Å²) in [5, 5.41) is 15.2. The predicted octanol–water partition coefficient (Wildman–Crippen LogP) is 4.07. The average molecular weight is 292 g/mol. The maximum Gasteiger partial charge on any atom is 0.0847 e. The molecule has 1 heterocycles. The van der Waals surface area contributed by atoms with Gasteiger partial charge in [-0.3, -0.25) is 0 Å². The number of anilines is 1. The van der Waals surface area contributed by atoms with Crippen molar-refractivity contribution < 1.29 is 5.11 Å². The fourth-order valence-electron chi connectivity index (χ4n) is 2.13. The second-order valence-corrected chi connectivity index (χ2v) is 5.89. The van der Waals surface area contributed by atoms with Gasteiger partial charge in [0.05, 0.1) is 12.0 Å². The zero-order valence-corrected chi connectivity index (χ0v) is 11.8. The minimum atomic E-state index is -0.514. The molecule has 98 valence electrons. The summed E-state index contributed by atoms with van der Waals surface area (Å²) < 4.78 is 2.56. The Morgan fingerprint density at radius 2 is 1.89 bits per heavy atom. The highest BCUT2D eigenvalue weighted by Gasteiger charge is 2.06. The van der Waals surface area contributed by atoms with Crippen molar-refractivity contribution in [3.63, 3.8) is 0 Å². The lowest BCUT2D eigenvalue weighted by Crippen LogP contribution is -2.20. The van der Waals surface area contributed by atoms with Gasteiger partial charge in [0, 0.05) is 32.4 Å². The van der Waals surface area contributed by atoms with Crippen LogP contribution < -0.4 is 5.32 Å². The first kappa shape index (κ1) is 12.7. The molecule has 0 aliphatic rings. The fourth-order valence-corrected chi connectivity index (χ4v) is 3.38. The molecule has 2 aromatic carbocycles. The van der Waals surface area contributed by atoms with Gasteiger partial charge in [0.25, 0.3) is 0 Å². The van der Waals surface area contributed by atoms with Crippen LogP contribution in [0.5, 0.6) is 0 Å². The van der Waals surface area contributed by atoms with Crippen molar-refractivity contribution in [2.75, 3.05) is 17.7 Å². The van der Waals surface area contributed by atoms with Crippen molar-refractivity contribution in [1.29, 1.82) is 0 Å². The maximum absolute atomic E-state index is 9.46. The molecule has 0 spiro atoms. The van der Waals surface area contributed by atoms with Crippen molar-refractivity contribution in [2.45, 2.75) is 6.10 Å². The number of halogens is 1. The monoisotopic (exact) mass is 291 g/mol. The van der Waals surface area contributed by atoms with Gasteiger partial charge in [-0.1, -0.05) is 24.3 Å². The van der Waals surface area contributed by atoms with Gasteiger partial charge in [0.1, 0.15) is 0 Å². The third-order valence-electron chi connectivity index (χ3n) is 3.10. The first-order valence-electron chi connectivity index (χ1n) is 6.17. The number of fused-ring (bicyclic) bond motifs is 3. The van der Waals surface area contributed by atoms with E-state index in [0.717, 1.165) is 5.69 Å². The summed E-state index contributed by atoms with van der Waals surface area (Å²) in [5.41, 5.74) is 1.02. The van der Waals surface area contributed by atoms with Crippen LogP contribution in [0.3, 0.4) is 0 Å². The Hall–Kier alpha value is -1.29. The number of benzene rings is 2. The summed E-state index contributed by atoms with van der Waals surface area (Å²) >= 11 is 7.37. The molecular formula is C15H14ClNOS. The summed E-state index contributed by atoms with van der Waals surface area (Å²) in [4.78, 5) is 0. The Bertz CT molecular complexity index is 710. The lowest BCUT2D eigenvalue weighted by Gasteiger charge is -2.09. The molecule has 0 aliphatic heterocycles. The molecule has 0 saturated carbocycles. The standard InChI is InChI=1S/C15H14ClNOS/c16-8-11(18)9-17-10-5-6-13-12-3-1-2-4-14(12)19-15(13)7-10/h1-7,11,17-18H,8-9H2. The van der Waals surface area contributed by atoms with Crippen LogP contribution in [-0.4, -0.2) is 23.6 Å². The molecule has 1 unspecified atom stereocenters. The Kier molecular flexibility index (Phi) is 3.60. The van der Waals surface area contributed by atoms with E-state index in [1.807, 2.05) is 6.07 Å². The maximum atomic E-state index is 9.46. The minimum Gasteiger partial charge on any atom is -0.390 e. The SMILES string of the molecule is OC(CCl)CNc1ccc2c(c1)sc1ccccc12. The number of alkyl halides is 1. The molecule has 0 radical (unpaired) electrons. The van der Waals surface area contributed by atoms with Crippen molar-refractivity contribution in [3.05, 3.63) is 42.5 Å². The van der Waals surface area contributed by atoms with Crippen molar-refractivity contribution in [3.8, 4) is 0 Å². The number of aliphatic hydroxyl groups excluding tert-OH is 1. The zero-order valence-electron chi connectivity index (χ0n) is 10.3. The summed E-state index contributed by atoms with van der Waals surface area (Å²) in [6, 6.07) is 14.7. The Labute approximate surface area is 120 Å². The third-order valence-corrected chi connectivity index (χ3v) is 4.59. The topological polar surface area (TPSA) is 32.3 Å². The average Bonchev–Trinajstić information content (AvgIpc) is 2.82. The summed E-state index contributed by atoms with van der Waals surface area (Å²) in [7, 11) is 0. The third kappa shape index (κ3) is 2.54. The number of thiophene rings is 1. The van der Waals surface area contributed by atoms with Gasteiger partial charge in [-0.15, -0.1) is 22.9 Å². The van der Waals surface area contributed by atoms with E-state index < -0.39 is 6.10 Å². The molecule has 0 amide bonds. The number of hydrogen-bond acceptors (Lipinski definition) is 3. The summed E-state index contributed by atoms with van der Waals surface area (Å²) in [5.74, 6) is 0.248. The van der Waals surface area contributed by atoms with E-state index in [4.69, 9.17) is 11.6 Å². The van der Waals surface area contributed by atoms with Crippen LogP contribution in [0.2, 0.25) is 0 Å². The van der Waals surface area contributed by atoms with Crippen molar-refractivity contribution >= 4 is 48.8 Å². The van der Waals surface area contributed by atoms with Gasteiger partial charge >= 0.3 is 0 Å². The van der Waals surface area contributed by atoms with Crippen LogP contribution in [0.4, 0.5) is 5.69 Å². The molecule has 0 aliphatic carbocycles. The van der Waals surface area contributed by atoms with Crippen LogP contribution in [0.15, 0.2) is 42.5 Å². The van der Waals surface area contributed by atoms with E-state index in [2.05, 4.69) is 41.7 Å². The van der Waals surface area contributed by atoms with E-state index >= 15 is 0 Å². The predicted molar refractivity (Wildman–Crippen MR) is 84.5 cm³/mol. The van der Waals surface area contributed by atoms with Crippen LogP contribution in [0.1, 0.15) is 0 Å².